The number of rotatable bonds is 11. The van der Waals surface area contributed by atoms with Gasteiger partial charge in [0.1, 0.15) is 0 Å². The van der Waals surface area contributed by atoms with Crippen LogP contribution in [0.3, 0.4) is 0 Å². The molecule has 4 nitrogen and oxygen atoms in total. The van der Waals surface area contributed by atoms with Crippen molar-refractivity contribution in [2.75, 3.05) is 41.0 Å². The molecule has 0 saturated heterocycles. The van der Waals surface area contributed by atoms with Gasteiger partial charge in [0.05, 0.1) is 20.8 Å². The molecule has 0 aliphatic carbocycles. The van der Waals surface area contributed by atoms with E-state index in [1.54, 1.807) is 21.3 Å². The Kier molecular flexibility index (Phi) is 8.87. The number of hydrogen-bond acceptors (Lipinski definition) is 4. The Hall–Kier alpha value is -1.26. The van der Waals surface area contributed by atoms with Crippen LogP contribution in [-0.2, 0) is 11.2 Å². The lowest BCUT2D eigenvalue weighted by atomic mass is 10.0. The third-order valence-electron chi connectivity index (χ3n) is 3.62. The topological polar surface area (TPSA) is 39.7 Å². The zero-order chi connectivity index (χ0) is 15.5. The summed E-state index contributed by atoms with van der Waals surface area (Å²) in [5.41, 5.74) is 2.62. The van der Waals surface area contributed by atoms with Crippen molar-refractivity contribution in [2.45, 2.75) is 32.6 Å². The monoisotopic (exact) mass is 295 g/mol. The first-order valence-electron chi connectivity index (χ1n) is 7.64. The van der Waals surface area contributed by atoms with Gasteiger partial charge < -0.3 is 19.5 Å². The van der Waals surface area contributed by atoms with Gasteiger partial charge in [0, 0.05) is 13.7 Å². The van der Waals surface area contributed by atoms with Crippen molar-refractivity contribution in [1.29, 1.82) is 0 Å². The standard InChI is InChI=1S/C17H29NO3/c1-14-12-16(20-3)17(21-4)13-15(14)8-6-5-7-9-18-10-11-19-2/h12-13,18H,5-11H2,1-4H3. The van der Waals surface area contributed by atoms with Crippen LogP contribution in [0.4, 0.5) is 0 Å². The summed E-state index contributed by atoms with van der Waals surface area (Å²) in [4.78, 5) is 0. The van der Waals surface area contributed by atoms with Gasteiger partial charge in [-0.2, -0.15) is 0 Å². The number of methoxy groups -OCH3 is 3. The van der Waals surface area contributed by atoms with Crippen LogP contribution in [-0.4, -0.2) is 41.0 Å². The normalized spacial score (nSPS) is 10.7. The van der Waals surface area contributed by atoms with Crippen molar-refractivity contribution in [3.8, 4) is 11.5 Å². The summed E-state index contributed by atoms with van der Waals surface area (Å²) in [5.74, 6) is 1.63. The van der Waals surface area contributed by atoms with Crippen LogP contribution in [0.15, 0.2) is 12.1 Å². The van der Waals surface area contributed by atoms with Crippen molar-refractivity contribution >= 4 is 0 Å². The second-order valence-electron chi connectivity index (χ2n) is 5.19. The highest BCUT2D eigenvalue weighted by atomic mass is 16.5. The van der Waals surface area contributed by atoms with Crippen molar-refractivity contribution < 1.29 is 14.2 Å². The molecule has 0 aliphatic heterocycles. The lowest BCUT2D eigenvalue weighted by Crippen LogP contribution is -2.20. The molecule has 0 aromatic heterocycles. The van der Waals surface area contributed by atoms with Crippen molar-refractivity contribution in [3.63, 3.8) is 0 Å². The van der Waals surface area contributed by atoms with Gasteiger partial charge in [-0.1, -0.05) is 6.42 Å². The first kappa shape index (κ1) is 17.8. The van der Waals surface area contributed by atoms with Crippen molar-refractivity contribution in [1.82, 2.24) is 5.32 Å². The van der Waals surface area contributed by atoms with E-state index in [4.69, 9.17) is 14.2 Å². The minimum atomic E-state index is 0.783. The smallest absolute Gasteiger partial charge is 0.161 e. The predicted octanol–water partition coefficient (Wildman–Crippen LogP) is 2.96. The summed E-state index contributed by atoms with van der Waals surface area (Å²) >= 11 is 0. The average Bonchev–Trinajstić information content (AvgIpc) is 2.50. The van der Waals surface area contributed by atoms with Crippen LogP contribution in [0, 0.1) is 6.92 Å². The molecule has 0 aliphatic rings. The maximum atomic E-state index is 5.37. The summed E-state index contributed by atoms with van der Waals surface area (Å²) in [5, 5.41) is 3.37. The number of hydrogen-bond donors (Lipinski definition) is 1. The van der Waals surface area contributed by atoms with Crippen molar-refractivity contribution in [2.24, 2.45) is 0 Å². The summed E-state index contributed by atoms with van der Waals surface area (Å²) < 4.78 is 15.7. The first-order chi connectivity index (χ1) is 10.2. The molecule has 0 unspecified atom stereocenters. The third-order valence-corrected chi connectivity index (χ3v) is 3.62. The number of benzene rings is 1. The van der Waals surface area contributed by atoms with Crippen LogP contribution in [0.1, 0.15) is 30.4 Å². The third kappa shape index (κ3) is 6.36. The van der Waals surface area contributed by atoms with E-state index in [-0.39, 0.29) is 0 Å². The van der Waals surface area contributed by atoms with Gasteiger partial charge >= 0.3 is 0 Å². The molecule has 0 radical (unpaired) electrons. The van der Waals surface area contributed by atoms with Crippen LogP contribution < -0.4 is 14.8 Å². The fraction of sp³-hybridized carbons (Fsp3) is 0.647. The molecule has 1 rings (SSSR count). The van der Waals surface area contributed by atoms with Gasteiger partial charge in [0.2, 0.25) is 0 Å². The van der Waals surface area contributed by atoms with Gasteiger partial charge in [-0.3, -0.25) is 0 Å². The Bertz CT molecular complexity index is 407. The molecule has 120 valence electrons. The van der Waals surface area contributed by atoms with Crippen LogP contribution >= 0.6 is 0 Å². The van der Waals surface area contributed by atoms with Crippen LogP contribution in [0.2, 0.25) is 0 Å². The zero-order valence-electron chi connectivity index (χ0n) is 13.8. The highest BCUT2D eigenvalue weighted by Crippen LogP contribution is 2.30. The first-order valence-corrected chi connectivity index (χ1v) is 7.64. The van der Waals surface area contributed by atoms with Crippen LogP contribution in [0.25, 0.3) is 0 Å². The van der Waals surface area contributed by atoms with Gasteiger partial charge in [-0.25, -0.2) is 0 Å². The molecule has 0 saturated carbocycles. The molecule has 1 aromatic rings. The highest BCUT2D eigenvalue weighted by Gasteiger charge is 2.08. The van der Waals surface area contributed by atoms with E-state index in [1.165, 1.54) is 30.4 Å². The molecule has 0 atom stereocenters. The minimum absolute atomic E-state index is 0.783. The molecule has 0 spiro atoms. The van der Waals surface area contributed by atoms with E-state index in [0.717, 1.165) is 37.6 Å². The van der Waals surface area contributed by atoms with E-state index >= 15 is 0 Å². The molecular formula is C17H29NO3. The minimum Gasteiger partial charge on any atom is -0.493 e. The molecule has 0 heterocycles. The largest absolute Gasteiger partial charge is 0.493 e. The maximum Gasteiger partial charge on any atom is 0.161 e. The Morgan fingerprint density at radius 1 is 0.905 bits per heavy atom. The van der Waals surface area contributed by atoms with E-state index in [2.05, 4.69) is 24.4 Å². The molecule has 1 aromatic carbocycles. The molecule has 1 N–H and O–H groups in total. The number of ether oxygens (including phenoxy) is 3. The second-order valence-corrected chi connectivity index (χ2v) is 5.19. The van der Waals surface area contributed by atoms with Crippen molar-refractivity contribution in [3.05, 3.63) is 23.3 Å². The lowest BCUT2D eigenvalue weighted by Gasteiger charge is -2.12. The zero-order valence-corrected chi connectivity index (χ0v) is 13.8. The molecule has 4 heteroatoms. The van der Waals surface area contributed by atoms with Gasteiger partial charge in [0.25, 0.3) is 0 Å². The Labute approximate surface area is 128 Å². The summed E-state index contributed by atoms with van der Waals surface area (Å²) in [6.45, 7) is 4.91. The Morgan fingerprint density at radius 2 is 1.62 bits per heavy atom. The SMILES string of the molecule is COCCNCCCCCc1cc(OC)c(OC)cc1C. The summed E-state index contributed by atoms with van der Waals surface area (Å²) in [6, 6.07) is 4.16. The Morgan fingerprint density at radius 3 is 2.29 bits per heavy atom. The summed E-state index contributed by atoms with van der Waals surface area (Å²) in [7, 11) is 5.09. The molecule has 0 amide bonds. The predicted molar refractivity (Wildman–Crippen MR) is 86.6 cm³/mol. The quantitative estimate of drug-likeness (QED) is 0.637. The van der Waals surface area contributed by atoms with E-state index in [0.29, 0.717) is 0 Å². The van der Waals surface area contributed by atoms with E-state index < -0.39 is 0 Å². The maximum absolute atomic E-state index is 5.37. The van der Waals surface area contributed by atoms with E-state index in [1.807, 2.05) is 0 Å². The molecule has 21 heavy (non-hydrogen) atoms. The summed E-state index contributed by atoms with van der Waals surface area (Å²) in [6.07, 6.45) is 4.72. The average molecular weight is 295 g/mol. The Balaban J connectivity index is 2.32. The molecule has 0 fully saturated rings. The van der Waals surface area contributed by atoms with Gasteiger partial charge in [0.15, 0.2) is 11.5 Å². The second kappa shape index (κ2) is 10.5. The van der Waals surface area contributed by atoms with Gasteiger partial charge in [-0.15, -0.1) is 0 Å². The van der Waals surface area contributed by atoms with E-state index in [9.17, 15) is 0 Å². The number of unbranched alkanes of at least 4 members (excludes halogenated alkanes) is 2. The fourth-order valence-electron chi connectivity index (χ4n) is 2.33. The van der Waals surface area contributed by atoms with Gasteiger partial charge in [-0.05, 0) is 56.0 Å². The fourth-order valence-corrected chi connectivity index (χ4v) is 2.33. The highest BCUT2D eigenvalue weighted by molar-refractivity contribution is 5.47. The number of nitrogens with one attached hydrogen (secondary N) is 1. The van der Waals surface area contributed by atoms with Crippen LogP contribution in [0.5, 0.6) is 11.5 Å². The lowest BCUT2D eigenvalue weighted by molar-refractivity contribution is 0.199. The number of aryl methyl sites for hydroxylation is 2. The molecular weight excluding hydrogens is 266 g/mol. The molecule has 0 bridgehead atoms.